The average molecular weight is 631 g/mol. The van der Waals surface area contributed by atoms with Gasteiger partial charge < -0.3 is 19.5 Å². The second-order valence-electron chi connectivity index (χ2n) is 11.9. The zero-order valence-electron chi connectivity index (χ0n) is 25.3. The van der Waals surface area contributed by atoms with Gasteiger partial charge >= 0.3 is 0 Å². The van der Waals surface area contributed by atoms with Crippen molar-refractivity contribution in [2.75, 3.05) is 72.1 Å². The first-order chi connectivity index (χ1) is 20.0. The van der Waals surface area contributed by atoms with Crippen molar-refractivity contribution >= 4 is 47.5 Å². The highest BCUT2D eigenvalue weighted by Gasteiger charge is 2.30. The first kappa shape index (κ1) is 33.3. The number of H-pyrrole nitrogens is 1. The number of halogens is 2. The number of aromatic amines is 1. The summed E-state index contributed by atoms with van der Waals surface area (Å²) in [7, 11) is 0. The lowest BCUT2D eigenvalue weighted by Crippen LogP contribution is -2.52. The molecule has 0 bridgehead atoms. The van der Waals surface area contributed by atoms with Crippen molar-refractivity contribution < 1.29 is 14.3 Å². The predicted octanol–water partition coefficient (Wildman–Crippen LogP) is 4.62. The number of morpholine rings is 1. The van der Waals surface area contributed by atoms with Gasteiger partial charge in [-0.05, 0) is 68.5 Å². The van der Waals surface area contributed by atoms with E-state index in [1.165, 1.54) is 16.7 Å². The first-order valence-corrected chi connectivity index (χ1v) is 15.2. The Morgan fingerprint density at radius 2 is 1.44 bits per heavy atom. The molecule has 3 aliphatic rings. The number of para-hydroxylation sites is 1. The molecule has 3 aliphatic heterocycles. The third-order valence-corrected chi connectivity index (χ3v) is 9.33. The van der Waals surface area contributed by atoms with Crippen LogP contribution in [0.15, 0.2) is 42.5 Å². The van der Waals surface area contributed by atoms with Gasteiger partial charge in [0.1, 0.15) is 5.69 Å². The summed E-state index contributed by atoms with van der Waals surface area (Å²) in [5, 5.41) is 1.14. The van der Waals surface area contributed by atoms with Gasteiger partial charge in [-0.1, -0.05) is 36.4 Å². The van der Waals surface area contributed by atoms with Crippen molar-refractivity contribution in [3.05, 3.63) is 70.4 Å². The number of nitrogens with one attached hydrogen (secondary N) is 1. The number of aryl methyl sites for hydroxylation is 2. The number of hydrogen-bond donors (Lipinski definition) is 1. The summed E-state index contributed by atoms with van der Waals surface area (Å²) in [6.07, 6.45) is 2.28. The summed E-state index contributed by atoms with van der Waals surface area (Å²) in [6, 6.07) is 14.9. The van der Waals surface area contributed by atoms with Crippen LogP contribution in [0.5, 0.6) is 0 Å². The number of piperidine rings is 1. The summed E-state index contributed by atoms with van der Waals surface area (Å²) in [5.74, 6) is 0.830. The minimum Gasteiger partial charge on any atom is -0.378 e. The van der Waals surface area contributed by atoms with Gasteiger partial charge in [-0.25, -0.2) is 0 Å². The van der Waals surface area contributed by atoms with E-state index in [-0.39, 0.29) is 36.6 Å². The topological polar surface area (TPSA) is 72.1 Å². The smallest absolute Gasteiger partial charge is 0.270 e. The van der Waals surface area contributed by atoms with Crippen LogP contribution in [-0.4, -0.2) is 109 Å². The number of likely N-dealkylation sites (tertiary alicyclic amines) is 1. The van der Waals surface area contributed by atoms with E-state index in [1.54, 1.807) is 0 Å². The summed E-state index contributed by atoms with van der Waals surface area (Å²) in [5.41, 5.74) is 7.19. The van der Waals surface area contributed by atoms with Crippen molar-refractivity contribution in [3.63, 3.8) is 0 Å². The lowest BCUT2D eigenvalue weighted by atomic mass is 9.84. The second kappa shape index (κ2) is 14.9. The second-order valence-corrected chi connectivity index (χ2v) is 11.9. The monoisotopic (exact) mass is 629 g/mol. The number of carbonyl (C=O) groups excluding carboxylic acids is 2. The molecule has 0 radical (unpaired) electrons. The molecule has 234 valence electrons. The Morgan fingerprint density at radius 3 is 2.12 bits per heavy atom. The Kier molecular flexibility index (Phi) is 11.5. The normalized spacial score (nSPS) is 18.7. The zero-order chi connectivity index (χ0) is 28.3. The van der Waals surface area contributed by atoms with Gasteiger partial charge in [0, 0.05) is 62.3 Å². The average Bonchev–Trinajstić information content (AvgIpc) is 3.36. The van der Waals surface area contributed by atoms with Gasteiger partial charge in [0.25, 0.3) is 5.91 Å². The third kappa shape index (κ3) is 7.37. The molecule has 3 saturated heterocycles. The van der Waals surface area contributed by atoms with Crippen molar-refractivity contribution in [3.8, 4) is 0 Å². The molecule has 3 aromatic rings. The standard InChI is InChI=1S/C33H43N5O3.2ClH/c1-24-6-5-7-25(2)31(24)26-10-12-35(13-11-26)22-28-27-8-3-4-9-29(27)34-32(28)33(40)38-16-14-36(15-17-38)23-30(39)37-18-20-41-21-19-37;;/h3-9,26,34H,10-23H2,1-2H3;2*1H. The summed E-state index contributed by atoms with van der Waals surface area (Å²) in [6.45, 7) is 13.0. The maximum Gasteiger partial charge on any atom is 0.270 e. The van der Waals surface area contributed by atoms with E-state index < -0.39 is 0 Å². The van der Waals surface area contributed by atoms with Crippen LogP contribution in [0.25, 0.3) is 10.9 Å². The van der Waals surface area contributed by atoms with Gasteiger partial charge in [0.05, 0.1) is 19.8 Å². The first-order valence-electron chi connectivity index (χ1n) is 15.2. The number of fused-ring (bicyclic) bond motifs is 1. The van der Waals surface area contributed by atoms with E-state index in [0.717, 1.165) is 54.6 Å². The molecule has 2 amide bonds. The molecule has 0 aliphatic carbocycles. The van der Waals surface area contributed by atoms with Crippen LogP contribution in [0.4, 0.5) is 0 Å². The fourth-order valence-corrected chi connectivity index (χ4v) is 6.99. The van der Waals surface area contributed by atoms with E-state index >= 15 is 0 Å². The van der Waals surface area contributed by atoms with Crippen molar-refractivity contribution in [2.45, 2.75) is 39.2 Å². The van der Waals surface area contributed by atoms with Crippen LogP contribution >= 0.6 is 24.8 Å². The number of piperazine rings is 1. The molecule has 43 heavy (non-hydrogen) atoms. The molecule has 0 atom stereocenters. The molecule has 2 aromatic carbocycles. The maximum atomic E-state index is 13.9. The van der Waals surface area contributed by atoms with Crippen molar-refractivity contribution in [2.24, 2.45) is 0 Å². The number of rotatable bonds is 6. The highest BCUT2D eigenvalue weighted by atomic mass is 35.5. The molecule has 0 saturated carbocycles. The molecule has 1 aromatic heterocycles. The quantitative estimate of drug-likeness (QED) is 0.431. The Bertz CT molecular complexity index is 1370. The van der Waals surface area contributed by atoms with E-state index in [2.05, 4.69) is 65.0 Å². The molecule has 1 N–H and O–H groups in total. The highest BCUT2D eigenvalue weighted by Crippen LogP contribution is 2.34. The molecule has 0 unspecified atom stereocenters. The number of nitrogens with zero attached hydrogens (tertiary/aromatic N) is 4. The number of benzene rings is 2. The zero-order valence-corrected chi connectivity index (χ0v) is 27.0. The summed E-state index contributed by atoms with van der Waals surface area (Å²) < 4.78 is 5.38. The van der Waals surface area contributed by atoms with Gasteiger partial charge in [0.15, 0.2) is 0 Å². The minimum absolute atomic E-state index is 0. The molecule has 6 rings (SSSR count). The SMILES string of the molecule is Cc1cccc(C)c1C1CCN(Cc2c(C(=O)N3CCN(CC(=O)N4CCOCC4)CC3)[nH]c3ccccc23)CC1.Cl.Cl. The number of ether oxygens (including phenoxy) is 1. The van der Waals surface area contributed by atoms with Crippen LogP contribution in [0.1, 0.15) is 51.5 Å². The fourth-order valence-electron chi connectivity index (χ4n) is 6.99. The number of hydrogen-bond acceptors (Lipinski definition) is 5. The summed E-state index contributed by atoms with van der Waals surface area (Å²) in [4.78, 5) is 38.6. The van der Waals surface area contributed by atoms with Gasteiger partial charge in [0.2, 0.25) is 5.91 Å². The number of aromatic nitrogens is 1. The Balaban J connectivity index is 0.00000212. The van der Waals surface area contributed by atoms with Crippen LogP contribution in [0, 0.1) is 13.8 Å². The minimum atomic E-state index is 0. The maximum absolute atomic E-state index is 13.9. The van der Waals surface area contributed by atoms with Gasteiger partial charge in [-0.3, -0.25) is 19.4 Å². The van der Waals surface area contributed by atoms with E-state index in [1.807, 2.05) is 15.9 Å². The van der Waals surface area contributed by atoms with E-state index in [0.29, 0.717) is 64.9 Å². The third-order valence-electron chi connectivity index (χ3n) is 9.33. The molecule has 10 heteroatoms. The Morgan fingerprint density at radius 1 is 0.791 bits per heavy atom. The molecular formula is C33H45Cl2N5O3. The van der Waals surface area contributed by atoms with Crippen LogP contribution in [0.3, 0.4) is 0 Å². The molecule has 0 spiro atoms. The molecule has 8 nitrogen and oxygen atoms in total. The van der Waals surface area contributed by atoms with E-state index in [9.17, 15) is 9.59 Å². The molecule has 3 fully saturated rings. The summed E-state index contributed by atoms with van der Waals surface area (Å²) >= 11 is 0. The van der Waals surface area contributed by atoms with Crippen molar-refractivity contribution in [1.82, 2.24) is 24.6 Å². The van der Waals surface area contributed by atoms with Crippen LogP contribution in [0.2, 0.25) is 0 Å². The number of amides is 2. The Hall–Kier alpha value is -2.62. The molecule has 4 heterocycles. The lowest BCUT2D eigenvalue weighted by Gasteiger charge is -2.36. The fraction of sp³-hybridized carbons (Fsp3) is 0.515. The Labute approximate surface area is 267 Å². The van der Waals surface area contributed by atoms with Crippen LogP contribution in [-0.2, 0) is 16.1 Å². The highest BCUT2D eigenvalue weighted by molar-refractivity contribution is 6.01. The van der Waals surface area contributed by atoms with Gasteiger partial charge in [-0.2, -0.15) is 0 Å². The number of carbonyl (C=O) groups is 2. The lowest BCUT2D eigenvalue weighted by molar-refractivity contribution is -0.136. The van der Waals surface area contributed by atoms with Crippen molar-refractivity contribution in [1.29, 1.82) is 0 Å². The van der Waals surface area contributed by atoms with Crippen LogP contribution < -0.4 is 0 Å². The van der Waals surface area contributed by atoms with E-state index in [4.69, 9.17) is 4.74 Å². The largest absolute Gasteiger partial charge is 0.378 e. The van der Waals surface area contributed by atoms with Gasteiger partial charge in [-0.15, -0.1) is 24.8 Å². The molecular weight excluding hydrogens is 585 g/mol. The predicted molar refractivity (Wildman–Crippen MR) is 176 cm³/mol.